The number of nitrogens with one attached hydrogen (secondary N) is 1. The van der Waals surface area contributed by atoms with Crippen molar-refractivity contribution in [3.8, 4) is 22.6 Å². The van der Waals surface area contributed by atoms with Gasteiger partial charge >= 0.3 is 0 Å². The van der Waals surface area contributed by atoms with Gasteiger partial charge in [0.25, 0.3) is 0 Å². The van der Waals surface area contributed by atoms with E-state index in [1.54, 1.807) is 0 Å². The number of nitrogens with two attached hydrogens (primary N) is 1. The van der Waals surface area contributed by atoms with Crippen LogP contribution in [-0.2, 0) is 6.61 Å². The molecule has 180 valence electrons. The van der Waals surface area contributed by atoms with Crippen molar-refractivity contribution in [1.29, 1.82) is 0 Å². The number of hydrogen-bond acceptors (Lipinski definition) is 6. The molecule has 0 unspecified atom stereocenters. The first-order valence-corrected chi connectivity index (χ1v) is 12.5. The first kappa shape index (κ1) is 23.0. The number of ether oxygens (including phenoxy) is 2. The van der Waals surface area contributed by atoms with Gasteiger partial charge in [0.05, 0.1) is 12.1 Å². The number of nitrogens with zero attached hydrogens (tertiary/aromatic N) is 2. The Morgan fingerprint density at radius 3 is 2.43 bits per heavy atom. The minimum absolute atomic E-state index is 0.293. The monoisotopic (exact) mass is 468 g/mol. The second-order valence-corrected chi connectivity index (χ2v) is 9.01. The zero-order valence-corrected chi connectivity index (χ0v) is 20.2. The van der Waals surface area contributed by atoms with Crippen molar-refractivity contribution in [3.63, 3.8) is 0 Å². The largest absolute Gasteiger partial charge is 0.490 e. The van der Waals surface area contributed by atoms with E-state index >= 15 is 0 Å². The van der Waals surface area contributed by atoms with E-state index in [-0.39, 0.29) is 0 Å². The molecule has 1 heterocycles. The molecule has 0 saturated heterocycles. The van der Waals surface area contributed by atoms with Crippen LogP contribution in [0.1, 0.15) is 44.6 Å². The van der Waals surface area contributed by atoms with Gasteiger partial charge in [0.15, 0.2) is 11.5 Å². The lowest BCUT2D eigenvalue weighted by Crippen LogP contribution is -2.23. The Labute approximate surface area is 206 Å². The van der Waals surface area contributed by atoms with Crippen molar-refractivity contribution in [1.82, 2.24) is 9.97 Å². The van der Waals surface area contributed by atoms with Crippen LogP contribution >= 0.6 is 0 Å². The number of aromatic nitrogens is 2. The van der Waals surface area contributed by atoms with Gasteiger partial charge in [0.1, 0.15) is 12.4 Å². The van der Waals surface area contributed by atoms with E-state index in [1.165, 1.54) is 19.3 Å². The van der Waals surface area contributed by atoms with Crippen molar-refractivity contribution >= 4 is 22.7 Å². The zero-order chi connectivity index (χ0) is 24.0. The predicted octanol–water partition coefficient (Wildman–Crippen LogP) is 6.60. The maximum atomic E-state index is 6.19. The molecule has 0 spiro atoms. The summed E-state index contributed by atoms with van der Waals surface area (Å²) in [5, 5.41) is 4.62. The molecule has 4 aromatic rings. The lowest BCUT2D eigenvalue weighted by Gasteiger charge is -2.24. The molecule has 1 saturated carbocycles. The Kier molecular flexibility index (Phi) is 6.98. The molecule has 1 aromatic heterocycles. The van der Waals surface area contributed by atoms with Crippen molar-refractivity contribution in [2.75, 3.05) is 17.7 Å². The van der Waals surface area contributed by atoms with Crippen LogP contribution in [0.15, 0.2) is 66.7 Å². The van der Waals surface area contributed by atoms with Crippen molar-refractivity contribution < 1.29 is 9.47 Å². The first-order valence-electron chi connectivity index (χ1n) is 12.5. The van der Waals surface area contributed by atoms with E-state index < -0.39 is 0 Å². The molecule has 0 radical (unpaired) electrons. The van der Waals surface area contributed by atoms with E-state index in [1.807, 2.05) is 43.3 Å². The average molecular weight is 469 g/mol. The van der Waals surface area contributed by atoms with E-state index in [0.717, 1.165) is 57.8 Å². The van der Waals surface area contributed by atoms with Crippen LogP contribution in [0.5, 0.6) is 11.5 Å². The minimum Gasteiger partial charge on any atom is -0.490 e. The Balaban J connectivity index is 1.47. The van der Waals surface area contributed by atoms with Crippen molar-refractivity contribution in [3.05, 3.63) is 72.3 Å². The zero-order valence-electron chi connectivity index (χ0n) is 20.2. The normalized spacial score (nSPS) is 14.1. The summed E-state index contributed by atoms with van der Waals surface area (Å²) in [6.45, 7) is 3.03. The molecule has 6 nitrogen and oxygen atoms in total. The van der Waals surface area contributed by atoms with Gasteiger partial charge < -0.3 is 20.5 Å². The molecule has 1 aliphatic rings. The second-order valence-electron chi connectivity index (χ2n) is 9.01. The molecular formula is C29H32N4O2. The van der Waals surface area contributed by atoms with E-state index in [9.17, 15) is 0 Å². The SMILES string of the molecule is CCOc1ccc(-c2ccc3nc(N)nc(NC4CCCCC4)c3c2)cc1OCc1ccccc1. The van der Waals surface area contributed by atoms with Crippen LogP contribution in [0.25, 0.3) is 22.0 Å². The highest BCUT2D eigenvalue weighted by Crippen LogP contribution is 2.35. The molecule has 1 aliphatic carbocycles. The van der Waals surface area contributed by atoms with Crippen LogP contribution < -0.4 is 20.5 Å². The molecule has 6 heteroatoms. The Bertz CT molecular complexity index is 1290. The van der Waals surface area contributed by atoms with Gasteiger partial charge in [-0.1, -0.05) is 61.7 Å². The molecule has 5 rings (SSSR count). The van der Waals surface area contributed by atoms with Crippen LogP contribution in [-0.4, -0.2) is 22.6 Å². The van der Waals surface area contributed by atoms with Gasteiger partial charge in [-0.2, -0.15) is 4.98 Å². The number of nitrogen functional groups attached to an aromatic ring is 1. The number of benzene rings is 3. The maximum Gasteiger partial charge on any atom is 0.222 e. The van der Waals surface area contributed by atoms with Crippen molar-refractivity contribution in [2.24, 2.45) is 0 Å². The summed E-state index contributed by atoms with van der Waals surface area (Å²) in [5.74, 6) is 2.57. The van der Waals surface area contributed by atoms with Gasteiger partial charge in [-0.25, -0.2) is 4.98 Å². The molecule has 0 amide bonds. The number of rotatable bonds is 8. The first-order chi connectivity index (χ1) is 17.2. The Hall–Kier alpha value is -3.80. The van der Waals surface area contributed by atoms with E-state index in [4.69, 9.17) is 15.2 Å². The minimum atomic E-state index is 0.293. The highest BCUT2D eigenvalue weighted by molar-refractivity contribution is 5.93. The second kappa shape index (κ2) is 10.6. The number of fused-ring (bicyclic) bond motifs is 1. The summed E-state index contributed by atoms with van der Waals surface area (Å²) < 4.78 is 12.0. The van der Waals surface area contributed by atoms with Gasteiger partial charge in [-0.05, 0) is 60.7 Å². The fourth-order valence-corrected chi connectivity index (χ4v) is 4.69. The summed E-state index contributed by atoms with van der Waals surface area (Å²) in [6, 6.07) is 22.9. The fraction of sp³-hybridized carbons (Fsp3) is 0.310. The third-order valence-electron chi connectivity index (χ3n) is 6.47. The Morgan fingerprint density at radius 1 is 0.857 bits per heavy atom. The van der Waals surface area contributed by atoms with E-state index in [2.05, 4.69) is 45.6 Å². The van der Waals surface area contributed by atoms with Crippen molar-refractivity contribution in [2.45, 2.75) is 51.7 Å². The van der Waals surface area contributed by atoms with Gasteiger partial charge in [-0.15, -0.1) is 0 Å². The van der Waals surface area contributed by atoms with Gasteiger partial charge in [0, 0.05) is 11.4 Å². The molecule has 0 aliphatic heterocycles. The molecule has 35 heavy (non-hydrogen) atoms. The van der Waals surface area contributed by atoms with Crippen LogP contribution in [0.3, 0.4) is 0 Å². The predicted molar refractivity (Wildman–Crippen MR) is 142 cm³/mol. The smallest absolute Gasteiger partial charge is 0.222 e. The highest BCUT2D eigenvalue weighted by atomic mass is 16.5. The lowest BCUT2D eigenvalue weighted by molar-refractivity contribution is 0.269. The summed E-state index contributed by atoms with van der Waals surface area (Å²) in [7, 11) is 0. The quantitative estimate of drug-likeness (QED) is 0.303. The Morgan fingerprint density at radius 2 is 1.63 bits per heavy atom. The number of anilines is 2. The van der Waals surface area contributed by atoms with Gasteiger partial charge in [0.2, 0.25) is 5.95 Å². The lowest BCUT2D eigenvalue weighted by atomic mass is 9.95. The summed E-state index contributed by atoms with van der Waals surface area (Å²) in [5.41, 5.74) is 10.1. The molecule has 3 N–H and O–H groups in total. The van der Waals surface area contributed by atoms with Crippen LogP contribution in [0, 0.1) is 0 Å². The average Bonchev–Trinajstić information content (AvgIpc) is 2.89. The topological polar surface area (TPSA) is 82.3 Å². The van der Waals surface area contributed by atoms with Crippen LogP contribution in [0.4, 0.5) is 11.8 Å². The number of hydrogen-bond donors (Lipinski definition) is 2. The van der Waals surface area contributed by atoms with Crippen LogP contribution in [0.2, 0.25) is 0 Å². The molecule has 0 atom stereocenters. The maximum absolute atomic E-state index is 6.19. The van der Waals surface area contributed by atoms with Gasteiger partial charge in [-0.3, -0.25) is 0 Å². The summed E-state index contributed by atoms with van der Waals surface area (Å²) in [4.78, 5) is 9.03. The third-order valence-corrected chi connectivity index (χ3v) is 6.47. The highest BCUT2D eigenvalue weighted by Gasteiger charge is 2.17. The van der Waals surface area contributed by atoms with E-state index in [0.29, 0.717) is 25.2 Å². The summed E-state index contributed by atoms with van der Waals surface area (Å²) in [6.07, 6.45) is 6.12. The fourth-order valence-electron chi connectivity index (χ4n) is 4.69. The standard InChI is InChI=1S/C29H32N4O2/c1-2-34-26-16-14-22(18-27(26)35-19-20-9-5-3-6-10-20)21-13-15-25-24(17-21)28(33-29(30)32-25)31-23-11-7-4-8-12-23/h3,5-6,9-10,13-18,23H,2,4,7-8,11-12,19H2,1H3,(H3,30,31,32,33). The molecule has 1 fully saturated rings. The molecule has 3 aromatic carbocycles. The molecule has 0 bridgehead atoms. The third kappa shape index (κ3) is 5.48. The molecular weight excluding hydrogens is 436 g/mol. The summed E-state index contributed by atoms with van der Waals surface area (Å²) >= 11 is 0.